The van der Waals surface area contributed by atoms with E-state index < -0.39 is 0 Å². The summed E-state index contributed by atoms with van der Waals surface area (Å²) in [5.41, 5.74) is 2.21. The van der Waals surface area contributed by atoms with Crippen molar-refractivity contribution in [3.05, 3.63) is 71.8 Å². The molecule has 0 spiro atoms. The van der Waals surface area contributed by atoms with Crippen LogP contribution in [-0.2, 0) is 9.59 Å². The molecule has 0 fully saturated rings. The fourth-order valence-corrected chi connectivity index (χ4v) is 4.43. The van der Waals surface area contributed by atoms with E-state index in [2.05, 4.69) is 10.6 Å². The van der Waals surface area contributed by atoms with E-state index in [-0.39, 0.29) is 23.9 Å². The molecule has 0 aliphatic carbocycles. The van der Waals surface area contributed by atoms with Crippen molar-refractivity contribution < 1.29 is 9.59 Å². The minimum atomic E-state index is 0.0129. The Bertz CT molecular complexity index is 662. The van der Waals surface area contributed by atoms with Gasteiger partial charge >= 0.3 is 0 Å². The highest BCUT2D eigenvalue weighted by Gasteiger charge is 2.10. The number of thioether (sulfide) groups is 2. The SMILES string of the molecule is C[C@H](NC(=O)CSCCSCC(=O)N[C@H](C)c1ccccc1)c1ccccc1. The molecule has 2 N–H and O–H groups in total. The van der Waals surface area contributed by atoms with Crippen LogP contribution in [-0.4, -0.2) is 34.8 Å². The van der Waals surface area contributed by atoms with Gasteiger partial charge in [-0.1, -0.05) is 60.7 Å². The first-order chi connectivity index (χ1) is 13.6. The summed E-state index contributed by atoms with van der Waals surface area (Å²) in [5.74, 6) is 2.66. The van der Waals surface area contributed by atoms with Crippen molar-refractivity contribution in [2.75, 3.05) is 23.0 Å². The zero-order valence-electron chi connectivity index (χ0n) is 16.4. The first kappa shape index (κ1) is 22.4. The first-order valence-electron chi connectivity index (χ1n) is 9.40. The Balaban J connectivity index is 1.53. The van der Waals surface area contributed by atoms with Gasteiger partial charge in [-0.05, 0) is 25.0 Å². The highest BCUT2D eigenvalue weighted by atomic mass is 32.2. The predicted molar refractivity (Wildman–Crippen MR) is 121 cm³/mol. The van der Waals surface area contributed by atoms with Crippen molar-refractivity contribution in [1.82, 2.24) is 10.6 Å². The Morgan fingerprint density at radius 1 is 0.714 bits per heavy atom. The molecule has 4 nitrogen and oxygen atoms in total. The molecule has 0 heterocycles. The third-order valence-corrected chi connectivity index (χ3v) is 6.37. The van der Waals surface area contributed by atoms with Crippen molar-refractivity contribution in [3.63, 3.8) is 0 Å². The molecule has 0 aliphatic rings. The molecule has 0 saturated heterocycles. The average molecular weight is 417 g/mol. The van der Waals surface area contributed by atoms with Crippen LogP contribution in [0.4, 0.5) is 0 Å². The monoisotopic (exact) mass is 416 g/mol. The minimum absolute atomic E-state index is 0.0129. The highest BCUT2D eigenvalue weighted by Crippen LogP contribution is 2.13. The summed E-state index contributed by atoms with van der Waals surface area (Å²) in [7, 11) is 0. The van der Waals surface area contributed by atoms with E-state index in [9.17, 15) is 9.59 Å². The molecule has 2 aromatic carbocycles. The number of amides is 2. The lowest BCUT2D eigenvalue weighted by atomic mass is 10.1. The standard InChI is InChI=1S/C22H28N2O2S2/c1-17(19-9-5-3-6-10-19)23-21(25)15-27-13-14-28-16-22(26)24-18(2)20-11-7-4-8-12-20/h3-12,17-18H,13-16H2,1-2H3,(H,23,25)(H,24,26)/t17-,18+. The van der Waals surface area contributed by atoms with Crippen LogP contribution in [0.3, 0.4) is 0 Å². The van der Waals surface area contributed by atoms with Gasteiger partial charge in [0.2, 0.25) is 11.8 Å². The number of hydrogen-bond donors (Lipinski definition) is 2. The second-order valence-electron chi connectivity index (χ2n) is 6.50. The molecule has 0 unspecified atom stereocenters. The number of rotatable bonds is 11. The quantitative estimate of drug-likeness (QED) is 0.539. The molecule has 0 bridgehead atoms. The van der Waals surface area contributed by atoms with Gasteiger partial charge in [-0.2, -0.15) is 23.5 Å². The van der Waals surface area contributed by atoms with Gasteiger partial charge in [-0.15, -0.1) is 0 Å². The van der Waals surface area contributed by atoms with Crippen molar-refractivity contribution in [3.8, 4) is 0 Å². The topological polar surface area (TPSA) is 58.2 Å². The van der Waals surface area contributed by atoms with Gasteiger partial charge in [0.25, 0.3) is 0 Å². The fraction of sp³-hybridized carbons (Fsp3) is 0.364. The van der Waals surface area contributed by atoms with E-state index in [0.29, 0.717) is 11.5 Å². The van der Waals surface area contributed by atoms with Gasteiger partial charge < -0.3 is 10.6 Å². The van der Waals surface area contributed by atoms with Crippen LogP contribution in [0, 0.1) is 0 Å². The maximum Gasteiger partial charge on any atom is 0.230 e. The number of carbonyl (C=O) groups is 2. The molecular weight excluding hydrogens is 388 g/mol. The second-order valence-corrected chi connectivity index (χ2v) is 8.72. The van der Waals surface area contributed by atoms with Crippen LogP contribution in [0.5, 0.6) is 0 Å². The summed E-state index contributed by atoms with van der Waals surface area (Å²) >= 11 is 3.19. The van der Waals surface area contributed by atoms with Crippen LogP contribution in [0.1, 0.15) is 37.1 Å². The molecule has 28 heavy (non-hydrogen) atoms. The molecule has 6 heteroatoms. The average Bonchev–Trinajstić information content (AvgIpc) is 2.71. The van der Waals surface area contributed by atoms with Gasteiger partial charge in [0.15, 0.2) is 0 Å². The van der Waals surface area contributed by atoms with E-state index in [1.54, 1.807) is 23.5 Å². The predicted octanol–water partition coefficient (Wildman–Crippen LogP) is 4.21. The molecule has 2 aromatic rings. The number of benzene rings is 2. The van der Waals surface area contributed by atoms with E-state index in [1.165, 1.54) is 0 Å². The van der Waals surface area contributed by atoms with Crippen molar-refractivity contribution in [2.24, 2.45) is 0 Å². The number of carbonyl (C=O) groups excluding carboxylic acids is 2. The van der Waals surface area contributed by atoms with Crippen LogP contribution >= 0.6 is 23.5 Å². The minimum Gasteiger partial charge on any atom is -0.349 e. The molecule has 0 radical (unpaired) electrons. The van der Waals surface area contributed by atoms with E-state index in [0.717, 1.165) is 22.6 Å². The summed E-state index contributed by atoms with van der Waals surface area (Å²) in [6.07, 6.45) is 0. The van der Waals surface area contributed by atoms with Crippen LogP contribution in [0.15, 0.2) is 60.7 Å². The molecule has 0 aromatic heterocycles. The summed E-state index contributed by atoms with van der Waals surface area (Å²) in [4.78, 5) is 24.0. The summed E-state index contributed by atoms with van der Waals surface area (Å²) in [6, 6.07) is 19.9. The third-order valence-electron chi connectivity index (χ3n) is 4.19. The maximum absolute atomic E-state index is 12.0. The zero-order valence-corrected chi connectivity index (χ0v) is 18.0. The Hall–Kier alpha value is -1.92. The molecule has 2 atom stereocenters. The summed E-state index contributed by atoms with van der Waals surface area (Å²) in [5, 5.41) is 6.02. The summed E-state index contributed by atoms with van der Waals surface area (Å²) < 4.78 is 0. The van der Waals surface area contributed by atoms with Gasteiger partial charge in [-0.25, -0.2) is 0 Å². The van der Waals surface area contributed by atoms with Crippen molar-refractivity contribution in [1.29, 1.82) is 0 Å². The molecule has 0 saturated carbocycles. The van der Waals surface area contributed by atoms with Crippen LogP contribution < -0.4 is 10.6 Å². The van der Waals surface area contributed by atoms with Gasteiger partial charge in [0.05, 0.1) is 23.6 Å². The number of hydrogen-bond acceptors (Lipinski definition) is 4. The maximum atomic E-state index is 12.0. The van der Waals surface area contributed by atoms with Crippen molar-refractivity contribution in [2.45, 2.75) is 25.9 Å². The lowest BCUT2D eigenvalue weighted by Crippen LogP contribution is -2.28. The number of nitrogens with one attached hydrogen (secondary N) is 2. The molecule has 0 aliphatic heterocycles. The van der Waals surface area contributed by atoms with E-state index in [1.807, 2.05) is 74.5 Å². The fourth-order valence-electron chi connectivity index (χ4n) is 2.66. The Morgan fingerprint density at radius 3 is 1.43 bits per heavy atom. The zero-order chi connectivity index (χ0) is 20.2. The van der Waals surface area contributed by atoms with Gasteiger partial charge in [-0.3, -0.25) is 9.59 Å². The van der Waals surface area contributed by atoms with Crippen molar-refractivity contribution >= 4 is 35.3 Å². The summed E-state index contributed by atoms with van der Waals surface area (Å²) in [6.45, 7) is 3.98. The molecule has 150 valence electrons. The smallest absolute Gasteiger partial charge is 0.230 e. The van der Waals surface area contributed by atoms with Gasteiger partial charge in [0, 0.05) is 11.5 Å². The second kappa shape index (κ2) is 12.5. The Kier molecular flexibility index (Phi) is 10.0. The Morgan fingerprint density at radius 2 is 1.07 bits per heavy atom. The Labute approximate surface area is 176 Å². The molecule has 2 amide bonds. The lowest BCUT2D eigenvalue weighted by molar-refractivity contribution is -0.120. The third kappa shape index (κ3) is 8.40. The largest absolute Gasteiger partial charge is 0.349 e. The lowest BCUT2D eigenvalue weighted by Gasteiger charge is -2.14. The van der Waals surface area contributed by atoms with Crippen LogP contribution in [0.25, 0.3) is 0 Å². The first-order valence-corrected chi connectivity index (χ1v) is 11.7. The van der Waals surface area contributed by atoms with Gasteiger partial charge in [0.1, 0.15) is 0 Å². The molecular formula is C22H28N2O2S2. The van der Waals surface area contributed by atoms with Crippen LogP contribution in [0.2, 0.25) is 0 Å². The molecule has 2 rings (SSSR count). The normalized spacial score (nSPS) is 12.8. The van der Waals surface area contributed by atoms with E-state index in [4.69, 9.17) is 0 Å². The van der Waals surface area contributed by atoms with E-state index >= 15 is 0 Å². The highest BCUT2D eigenvalue weighted by molar-refractivity contribution is 8.03.